The minimum Gasteiger partial charge on any atom is -0.394 e. The highest BCUT2D eigenvalue weighted by Crippen LogP contribution is 2.36. The Hall–Kier alpha value is -5.12. The van der Waals surface area contributed by atoms with E-state index in [-0.39, 0.29) is 39.6 Å². The summed E-state index contributed by atoms with van der Waals surface area (Å²) >= 11 is 0. The zero-order chi connectivity index (χ0) is 44.5. The van der Waals surface area contributed by atoms with Crippen LogP contribution >= 0.6 is 0 Å². The molecule has 2 heterocycles. The molecule has 11 heteroatoms. The van der Waals surface area contributed by atoms with Gasteiger partial charge in [-0.3, -0.25) is 0 Å². The Kier molecular flexibility index (Phi) is 17.4. The van der Waals surface area contributed by atoms with Gasteiger partial charge in [-0.25, -0.2) is 0 Å². The Balaban J connectivity index is 1.17. The Morgan fingerprint density at radius 2 is 0.692 bits per heavy atom. The molecule has 2 aliphatic rings. The summed E-state index contributed by atoms with van der Waals surface area (Å²) in [4.78, 5) is 0. The van der Waals surface area contributed by atoms with Crippen LogP contribution in [0.4, 0.5) is 0 Å². The second-order valence-electron chi connectivity index (χ2n) is 16.2. The molecule has 0 aliphatic carbocycles. The fourth-order valence-corrected chi connectivity index (χ4v) is 8.12. The maximum Gasteiger partial charge on any atom is 0.187 e. The van der Waals surface area contributed by atoms with E-state index in [0.717, 1.165) is 33.4 Å². The number of aliphatic hydroxyl groups excluding tert-OH is 2. The number of hydrogen-bond donors (Lipinski definition) is 2. The highest BCUT2D eigenvalue weighted by atomic mass is 16.7. The minimum atomic E-state index is -1.50. The number of hydrogen-bond acceptors (Lipinski definition) is 11. The fraction of sp³-hybridized carbons (Fsp3) is 0.333. The average molecular weight is 883 g/mol. The van der Waals surface area contributed by atoms with E-state index in [1.807, 2.05) is 182 Å². The monoisotopic (exact) mass is 882 g/mol. The Morgan fingerprint density at radius 1 is 0.354 bits per heavy atom. The van der Waals surface area contributed by atoms with Crippen LogP contribution in [0.5, 0.6) is 0 Å². The molecular weight excluding hydrogens is 825 g/mol. The molecule has 0 saturated carbocycles. The fourth-order valence-electron chi connectivity index (χ4n) is 8.12. The molecule has 2 aliphatic heterocycles. The van der Waals surface area contributed by atoms with Gasteiger partial charge in [-0.15, -0.1) is 0 Å². The SMILES string of the molecule is OC[C@H]1O[C@H](O)[C@@H](OCc2ccccc2)[C@@H](O[C@H]2O[C@H](COCc3ccccc3)[C@@H](OCc3ccccc3)[C@H](OCc3ccccc3)[C@@H]2OCc2ccccc2)[C@@H]1OCc1ccccc1. The van der Waals surface area contributed by atoms with Crippen molar-refractivity contribution in [2.24, 2.45) is 0 Å². The number of rotatable bonds is 22. The van der Waals surface area contributed by atoms with Gasteiger partial charge in [-0.2, -0.15) is 0 Å². The van der Waals surface area contributed by atoms with Crippen molar-refractivity contribution in [3.05, 3.63) is 215 Å². The first-order chi connectivity index (χ1) is 32.1. The second kappa shape index (κ2) is 24.4. The van der Waals surface area contributed by atoms with Crippen LogP contribution in [-0.2, 0) is 82.3 Å². The summed E-state index contributed by atoms with van der Waals surface area (Å²) in [6.45, 7) is 0.975. The summed E-state index contributed by atoms with van der Waals surface area (Å²) in [7, 11) is 0. The number of aliphatic hydroxyl groups is 2. The van der Waals surface area contributed by atoms with Gasteiger partial charge >= 0.3 is 0 Å². The largest absolute Gasteiger partial charge is 0.394 e. The van der Waals surface area contributed by atoms with Gasteiger partial charge in [-0.1, -0.05) is 182 Å². The van der Waals surface area contributed by atoms with Crippen LogP contribution in [0.15, 0.2) is 182 Å². The predicted molar refractivity (Wildman–Crippen MR) is 243 cm³/mol. The third-order valence-corrected chi connectivity index (χ3v) is 11.5. The summed E-state index contributed by atoms with van der Waals surface area (Å²) in [5.41, 5.74) is 5.64. The van der Waals surface area contributed by atoms with Crippen LogP contribution in [0.1, 0.15) is 33.4 Å². The van der Waals surface area contributed by atoms with E-state index in [0.29, 0.717) is 6.61 Å². The Bertz CT molecular complexity index is 2210. The smallest absolute Gasteiger partial charge is 0.187 e. The van der Waals surface area contributed by atoms with Crippen molar-refractivity contribution < 1.29 is 52.8 Å². The van der Waals surface area contributed by atoms with Crippen molar-refractivity contribution in [2.45, 2.75) is 101 Å². The molecule has 6 aromatic carbocycles. The van der Waals surface area contributed by atoms with Crippen LogP contribution < -0.4 is 0 Å². The molecule has 340 valence electrons. The predicted octanol–water partition coefficient (Wildman–Crippen LogP) is 7.95. The Morgan fingerprint density at radius 3 is 1.09 bits per heavy atom. The van der Waals surface area contributed by atoms with E-state index in [1.165, 1.54) is 0 Å². The van der Waals surface area contributed by atoms with Gasteiger partial charge in [0.25, 0.3) is 0 Å². The van der Waals surface area contributed by atoms with E-state index >= 15 is 0 Å². The molecule has 0 radical (unpaired) electrons. The second-order valence-corrected chi connectivity index (χ2v) is 16.2. The van der Waals surface area contributed by atoms with E-state index < -0.39 is 68.0 Å². The molecule has 6 aromatic rings. The van der Waals surface area contributed by atoms with Gasteiger partial charge in [0.15, 0.2) is 12.6 Å². The van der Waals surface area contributed by atoms with Gasteiger partial charge in [-0.05, 0) is 33.4 Å². The summed E-state index contributed by atoms with van der Waals surface area (Å²) in [5.74, 6) is 0. The first kappa shape index (κ1) is 46.4. The van der Waals surface area contributed by atoms with Crippen LogP contribution in [0.25, 0.3) is 0 Å². The lowest BCUT2D eigenvalue weighted by Crippen LogP contribution is -2.66. The molecular formula is C54H58O11. The quantitative estimate of drug-likeness (QED) is 0.0691. The lowest BCUT2D eigenvalue weighted by atomic mass is 9.95. The summed E-state index contributed by atoms with van der Waals surface area (Å²) in [5, 5.41) is 22.5. The van der Waals surface area contributed by atoms with Crippen molar-refractivity contribution >= 4 is 0 Å². The van der Waals surface area contributed by atoms with Crippen molar-refractivity contribution in [1.29, 1.82) is 0 Å². The topological polar surface area (TPSA) is 124 Å². The molecule has 2 N–H and O–H groups in total. The summed E-state index contributed by atoms with van der Waals surface area (Å²) in [6, 6.07) is 59.0. The highest BCUT2D eigenvalue weighted by molar-refractivity contribution is 5.18. The minimum absolute atomic E-state index is 0.113. The average Bonchev–Trinajstić information content (AvgIpc) is 3.36. The van der Waals surface area contributed by atoms with Crippen molar-refractivity contribution in [2.75, 3.05) is 13.2 Å². The molecule has 8 rings (SSSR count). The van der Waals surface area contributed by atoms with Crippen molar-refractivity contribution in [3.63, 3.8) is 0 Å². The van der Waals surface area contributed by atoms with Crippen molar-refractivity contribution in [3.8, 4) is 0 Å². The van der Waals surface area contributed by atoms with E-state index in [4.69, 9.17) is 42.6 Å². The molecule has 10 atom stereocenters. The van der Waals surface area contributed by atoms with E-state index in [2.05, 4.69) is 0 Å². The molecule has 2 fully saturated rings. The molecule has 2 saturated heterocycles. The van der Waals surface area contributed by atoms with Gasteiger partial charge in [0.05, 0.1) is 52.9 Å². The van der Waals surface area contributed by atoms with Crippen LogP contribution in [0.3, 0.4) is 0 Å². The third kappa shape index (κ3) is 13.3. The molecule has 0 aromatic heterocycles. The molecule has 65 heavy (non-hydrogen) atoms. The maximum atomic E-state index is 11.7. The van der Waals surface area contributed by atoms with Crippen molar-refractivity contribution in [1.82, 2.24) is 0 Å². The molecule has 0 unspecified atom stereocenters. The number of benzene rings is 6. The number of ether oxygens (including phenoxy) is 9. The van der Waals surface area contributed by atoms with Crippen LogP contribution in [0, 0.1) is 0 Å². The summed E-state index contributed by atoms with van der Waals surface area (Å²) < 4.78 is 60.6. The van der Waals surface area contributed by atoms with Crippen LogP contribution in [0.2, 0.25) is 0 Å². The van der Waals surface area contributed by atoms with Gasteiger partial charge < -0.3 is 52.8 Å². The standard InChI is InChI=1S/C54H58O11/c55-31-45-47(58-33-40-21-9-2-10-22-40)50(51(53(56)63-45)61-36-43-27-15-5-16-28-43)65-54-52(62-37-44-29-17-6-18-30-44)49(60-35-42-25-13-4-14-26-42)48(59-34-41-23-11-3-12-24-41)46(64-54)38-57-32-39-19-7-1-8-20-39/h1-30,45-56H,31-38H2/t45-,46-,47-,48-,49+,50+,51+,52+,53+,54-/m1/s1. The third-order valence-electron chi connectivity index (χ3n) is 11.5. The summed E-state index contributed by atoms with van der Waals surface area (Å²) in [6.07, 6.45) is -9.89. The highest BCUT2D eigenvalue weighted by Gasteiger charge is 2.54. The maximum absolute atomic E-state index is 11.7. The van der Waals surface area contributed by atoms with Gasteiger partial charge in [0.1, 0.15) is 48.8 Å². The van der Waals surface area contributed by atoms with E-state index in [1.54, 1.807) is 0 Å². The molecule has 0 spiro atoms. The molecule has 0 bridgehead atoms. The lowest BCUT2D eigenvalue weighted by molar-refractivity contribution is -0.375. The van der Waals surface area contributed by atoms with Gasteiger partial charge in [0.2, 0.25) is 0 Å². The zero-order valence-corrected chi connectivity index (χ0v) is 36.3. The Labute approximate surface area is 381 Å². The first-order valence-corrected chi connectivity index (χ1v) is 22.3. The van der Waals surface area contributed by atoms with Crippen LogP contribution in [-0.4, -0.2) is 84.8 Å². The normalized spacial score (nSPS) is 25.6. The van der Waals surface area contributed by atoms with Gasteiger partial charge in [0, 0.05) is 0 Å². The first-order valence-electron chi connectivity index (χ1n) is 22.3. The van der Waals surface area contributed by atoms with E-state index in [9.17, 15) is 10.2 Å². The lowest BCUT2D eigenvalue weighted by Gasteiger charge is -2.49. The molecule has 11 nitrogen and oxygen atoms in total. The zero-order valence-electron chi connectivity index (χ0n) is 36.3. The molecule has 0 amide bonds.